The van der Waals surface area contributed by atoms with Crippen molar-refractivity contribution in [3.63, 3.8) is 0 Å². The fourth-order valence-corrected chi connectivity index (χ4v) is 2.91. The average Bonchev–Trinajstić information content (AvgIpc) is 2.72. The van der Waals surface area contributed by atoms with Gasteiger partial charge in [0.25, 0.3) is 0 Å². The minimum absolute atomic E-state index is 0.390. The van der Waals surface area contributed by atoms with E-state index in [1.54, 1.807) is 0 Å². The maximum atomic E-state index is 3.97. The normalized spacial score (nSPS) is 24.8. The molecule has 0 spiro atoms. The number of thioether (sulfide) groups is 1. The molecule has 1 aliphatic rings. The third-order valence-corrected chi connectivity index (χ3v) is 3.85. The number of nitrogens with zero attached hydrogens (tertiary/aromatic N) is 1. The van der Waals surface area contributed by atoms with Gasteiger partial charge in [-0.3, -0.25) is 5.10 Å². The minimum Gasteiger partial charge on any atom is -0.305 e. The van der Waals surface area contributed by atoms with Gasteiger partial charge in [0.2, 0.25) is 0 Å². The lowest BCUT2D eigenvalue weighted by Gasteiger charge is -2.25. The maximum Gasteiger partial charge on any atom is 0.0518 e. The van der Waals surface area contributed by atoms with Gasteiger partial charge in [0, 0.05) is 24.0 Å². The molecule has 1 fully saturated rings. The van der Waals surface area contributed by atoms with Crippen molar-refractivity contribution in [1.82, 2.24) is 15.5 Å². The molecule has 1 aromatic rings. The van der Waals surface area contributed by atoms with Crippen molar-refractivity contribution in [3.8, 4) is 0 Å². The van der Waals surface area contributed by atoms with Crippen molar-refractivity contribution < 1.29 is 0 Å². The van der Waals surface area contributed by atoms with E-state index in [9.17, 15) is 0 Å². The van der Waals surface area contributed by atoms with Gasteiger partial charge >= 0.3 is 0 Å². The molecule has 2 unspecified atom stereocenters. The van der Waals surface area contributed by atoms with E-state index in [0.29, 0.717) is 12.1 Å². The Bertz CT molecular complexity index is 254. The molecule has 2 heterocycles. The molecule has 0 aliphatic carbocycles. The Morgan fingerprint density at radius 1 is 1.71 bits per heavy atom. The predicted octanol–water partition coefficient (Wildman–Crippen LogP) is 1.96. The van der Waals surface area contributed by atoms with Crippen molar-refractivity contribution in [3.05, 3.63) is 18.0 Å². The highest BCUT2D eigenvalue weighted by molar-refractivity contribution is 7.99. The van der Waals surface area contributed by atoms with Crippen molar-refractivity contribution in [1.29, 1.82) is 0 Å². The fourth-order valence-electron chi connectivity index (χ4n) is 1.82. The quantitative estimate of drug-likeness (QED) is 0.803. The molecule has 1 saturated heterocycles. The molecule has 0 aromatic carbocycles. The highest BCUT2D eigenvalue weighted by Crippen LogP contribution is 2.19. The summed E-state index contributed by atoms with van der Waals surface area (Å²) in [5.41, 5.74) is 1.18. The second-order valence-corrected chi connectivity index (χ2v) is 4.96. The molecular weight excluding hydrogens is 194 g/mol. The van der Waals surface area contributed by atoms with E-state index in [4.69, 9.17) is 0 Å². The zero-order valence-electron chi connectivity index (χ0n) is 8.49. The SMILES string of the molecule is CC(NC1CCCSC1)c1ccn[nH]1. The summed E-state index contributed by atoms with van der Waals surface area (Å²) in [5.74, 6) is 2.58. The van der Waals surface area contributed by atoms with Gasteiger partial charge in [-0.25, -0.2) is 0 Å². The molecule has 2 atom stereocenters. The zero-order valence-corrected chi connectivity index (χ0v) is 9.31. The number of aromatic nitrogens is 2. The Balaban J connectivity index is 1.84. The third-order valence-electron chi connectivity index (χ3n) is 2.63. The van der Waals surface area contributed by atoms with Crippen molar-refractivity contribution >= 4 is 11.8 Å². The zero-order chi connectivity index (χ0) is 9.80. The van der Waals surface area contributed by atoms with E-state index in [2.05, 4.69) is 34.2 Å². The molecule has 0 saturated carbocycles. The largest absolute Gasteiger partial charge is 0.305 e. The monoisotopic (exact) mass is 211 g/mol. The van der Waals surface area contributed by atoms with Crippen molar-refractivity contribution in [2.75, 3.05) is 11.5 Å². The first kappa shape index (κ1) is 10.1. The minimum atomic E-state index is 0.390. The molecule has 0 bridgehead atoms. The molecule has 1 aliphatic heterocycles. The summed E-state index contributed by atoms with van der Waals surface area (Å²) in [4.78, 5) is 0. The van der Waals surface area contributed by atoms with Crippen LogP contribution < -0.4 is 5.32 Å². The number of H-pyrrole nitrogens is 1. The van der Waals surface area contributed by atoms with E-state index in [0.717, 1.165) is 0 Å². The summed E-state index contributed by atoms with van der Waals surface area (Å²) in [5, 5.41) is 10.6. The molecule has 4 heteroatoms. The first-order valence-electron chi connectivity index (χ1n) is 5.19. The van der Waals surface area contributed by atoms with Gasteiger partial charge < -0.3 is 5.32 Å². The summed E-state index contributed by atoms with van der Waals surface area (Å²) in [6, 6.07) is 3.10. The van der Waals surface area contributed by atoms with Crippen LogP contribution in [0, 0.1) is 0 Å². The Hall–Kier alpha value is -0.480. The van der Waals surface area contributed by atoms with Gasteiger partial charge in [-0.2, -0.15) is 16.9 Å². The number of aromatic amines is 1. The lowest BCUT2D eigenvalue weighted by atomic mass is 10.1. The van der Waals surface area contributed by atoms with Crippen LogP contribution in [0.25, 0.3) is 0 Å². The lowest BCUT2D eigenvalue weighted by Crippen LogP contribution is -2.35. The molecule has 2 N–H and O–H groups in total. The maximum absolute atomic E-state index is 3.97. The first-order valence-corrected chi connectivity index (χ1v) is 6.35. The van der Waals surface area contributed by atoms with E-state index in [1.165, 1.54) is 30.0 Å². The van der Waals surface area contributed by atoms with Crippen LogP contribution in [0.4, 0.5) is 0 Å². The van der Waals surface area contributed by atoms with Crippen LogP contribution in [-0.2, 0) is 0 Å². The standard InChI is InChI=1S/C10H17N3S/c1-8(10-4-5-11-13-10)12-9-3-2-6-14-7-9/h4-5,8-9,12H,2-3,6-7H2,1H3,(H,11,13). The van der Waals surface area contributed by atoms with E-state index in [-0.39, 0.29) is 0 Å². The van der Waals surface area contributed by atoms with E-state index >= 15 is 0 Å². The topological polar surface area (TPSA) is 40.7 Å². The summed E-state index contributed by atoms with van der Waals surface area (Å²) in [7, 11) is 0. The third kappa shape index (κ3) is 2.51. The van der Waals surface area contributed by atoms with Crippen molar-refractivity contribution in [2.24, 2.45) is 0 Å². The van der Waals surface area contributed by atoms with Crippen LogP contribution in [0.5, 0.6) is 0 Å². The van der Waals surface area contributed by atoms with Crippen LogP contribution >= 0.6 is 11.8 Å². The van der Waals surface area contributed by atoms with Gasteiger partial charge in [0.05, 0.1) is 5.69 Å². The molecular formula is C10H17N3S. The van der Waals surface area contributed by atoms with Crippen LogP contribution in [0.15, 0.2) is 12.3 Å². The van der Waals surface area contributed by atoms with E-state index < -0.39 is 0 Å². The molecule has 78 valence electrons. The highest BCUT2D eigenvalue weighted by atomic mass is 32.2. The molecule has 3 nitrogen and oxygen atoms in total. The summed E-state index contributed by atoms with van der Waals surface area (Å²) < 4.78 is 0. The predicted molar refractivity (Wildman–Crippen MR) is 60.5 cm³/mol. The number of hydrogen-bond acceptors (Lipinski definition) is 3. The number of hydrogen-bond donors (Lipinski definition) is 2. The van der Waals surface area contributed by atoms with Gasteiger partial charge in [-0.1, -0.05) is 0 Å². The summed E-state index contributed by atoms with van der Waals surface area (Å²) in [6.07, 6.45) is 4.46. The smallest absolute Gasteiger partial charge is 0.0518 e. The van der Waals surface area contributed by atoms with Crippen LogP contribution in [0.3, 0.4) is 0 Å². The van der Waals surface area contributed by atoms with Gasteiger partial charge in [0.15, 0.2) is 0 Å². The number of nitrogens with one attached hydrogen (secondary N) is 2. The fraction of sp³-hybridized carbons (Fsp3) is 0.700. The first-order chi connectivity index (χ1) is 6.86. The van der Waals surface area contributed by atoms with Crippen LogP contribution in [-0.4, -0.2) is 27.7 Å². The molecule has 2 rings (SSSR count). The second kappa shape index (κ2) is 4.84. The Morgan fingerprint density at radius 3 is 3.29 bits per heavy atom. The van der Waals surface area contributed by atoms with Gasteiger partial charge in [-0.05, 0) is 31.6 Å². The van der Waals surface area contributed by atoms with Crippen LogP contribution in [0.2, 0.25) is 0 Å². The van der Waals surface area contributed by atoms with Crippen molar-refractivity contribution in [2.45, 2.75) is 31.8 Å². The van der Waals surface area contributed by atoms with Crippen LogP contribution in [0.1, 0.15) is 31.5 Å². The molecule has 0 amide bonds. The second-order valence-electron chi connectivity index (χ2n) is 3.81. The van der Waals surface area contributed by atoms with Gasteiger partial charge in [0.1, 0.15) is 0 Å². The van der Waals surface area contributed by atoms with Gasteiger partial charge in [-0.15, -0.1) is 0 Å². The summed E-state index contributed by atoms with van der Waals surface area (Å²) in [6.45, 7) is 2.19. The molecule has 1 aromatic heterocycles. The lowest BCUT2D eigenvalue weighted by molar-refractivity contribution is 0.446. The average molecular weight is 211 g/mol. The summed E-state index contributed by atoms with van der Waals surface area (Å²) >= 11 is 2.05. The Kier molecular flexibility index (Phi) is 3.48. The number of rotatable bonds is 3. The molecule has 14 heavy (non-hydrogen) atoms. The highest BCUT2D eigenvalue weighted by Gasteiger charge is 2.16. The Morgan fingerprint density at radius 2 is 2.64 bits per heavy atom. The van der Waals surface area contributed by atoms with E-state index in [1.807, 2.05) is 12.3 Å². The molecule has 0 radical (unpaired) electrons. The Labute approximate surface area is 89.1 Å².